The van der Waals surface area contributed by atoms with Crippen LogP contribution in [0.25, 0.3) is 0 Å². The standard InChI is InChI=1S/C14H28N2O2/c1-12-6-8-14(11-17,9-7-12)15-10-4-5-13(18)16(2)3/h12,15,17H,4-11H2,1-3H3. The molecular formula is C14H28N2O2. The number of nitrogens with one attached hydrogen (secondary N) is 1. The van der Waals surface area contributed by atoms with Crippen molar-refractivity contribution >= 4 is 5.91 Å². The number of amides is 1. The highest BCUT2D eigenvalue weighted by Gasteiger charge is 2.32. The van der Waals surface area contributed by atoms with E-state index in [0.29, 0.717) is 6.42 Å². The summed E-state index contributed by atoms with van der Waals surface area (Å²) >= 11 is 0. The Labute approximate surface area is 111 Å². The smallest absolute Gasteiger partial charge is 0.222 e. The minimum atomic E-state index is -0.0896. The van der Waals surface area contributed by atoms with E-state index in [1.54, 1.807) is 19.0 Å². The normalized spacial score (nSPS) is 28.1. The van der Waals surface area contributed by atoms with Crippen molar-refractivity contribution in [2.24, 2.45) is 5.92 Å². The molecule has 4 heteroatoms. The molecule has 0 aliphatic heterocycles. The van der Waals surface area contributed by atoms with Crippen LogP contribution in [0.15, 0.2) is 0 Å². The van der Waals surface area contributed by atoms with E-state index in [-0.39, 0.29) is 18.1 Å². The van der Waals surface area contributed by atoms with Crippen LogP contribution in [0.4, 0.5) is 0 Å². The van der Waals surface area contributed by atoms with E-state index in [1.807, 2.05) is 0 Å². The Bertz CT molecular complexity index is 259. The molecular weight excluding hydrogens is 228 g/mol. The van der Waals surface area contributed by atoms with Crippen molar-refractivity contribution in [3.05, 3.63) is 0 Å². The van der Waals surface area contributed by atoms with Crippen molar-refractivity contribution in [1.29, 1.82) is 0 Å². The lowest BCUT2D eigenvalue weighted by atomic mass is 9.77. The molecule has 1 amide bonds. The monoisotopic (exact) mass is 256 g/mol. The Morgan fingerprint density at radius 1 is 1.39 bits per heavy atom. The fourth-order valence-electron chi connectivity index (χ4n) is 2.52. The van der Waals surface area contributed by atoms with Gasteiger partial charge in [-0.15, -0.1) is 0 Å². The van der Waals surface area contributed by atoms with Gasteiger partial charge in [-0.3, -0.25) is 4.79 Å². The zero-order valence-corrected chi connectivity index (χ0v) is 12.0. The molecule has 1 aliphatic carbocycles. The summed E-state index contributed by atoms with van der Waals surface area (Å²) in [6.45, 7) is 3.30. The first-order chi connectivity index (χ1) is 8.49. The van der Waals surface area contributed by atoms with Crippen LogP contribution in [0.3, 0.4) is 0 Å². The molecule has 0 atom stereocenters. The first-order valence-corrected chi connectivity index (χ1v) is 7.05. The van der Waals surface area contributed by atoms with Crippen molar-refractivity contribution in [2.75, 3.05) is 27.2 Å². The SMILES string of the molecule is CC1CCC(CO)(NCCCC(=O)N(C)C)CC1. The van der Waals surface area contributed by atoms with Crippen LogP contribution in [0, 0.1) is 5.92 Å². The third-order valence-electron chi connectivity index (χ3n) is 4.10. The molecule has 0 bridgehead atoms. The molecule has 0 saturated heterocycles. The average Bonchev–Trinajstić information content (AvgIpc) is 2.37. The molecule has 1 saturated carbocycles. The van der Waals surface area contributed by atoms with Gasteiger partial charge in [-0.2, -0.15) is 0 Å². The van der Waals surface area contributed by atoms with Crippen LogP contribution < -0.4 is 5.32 Å². The van der Waals surface area contributed by atoms with E-state index >= 15 is 0 Å². The Kier molecular flexibility index (Phi) is 6.09. The van der Waals surface area contributed by atoms with Crippen LogP contribution in [-0.4, -0.2) is 48.7 Å². The summed E-state index contributed by atoms with van der Waals surface area (Å²) in [5.74, 6) is 0.953. The van der Waals surface area contributed by atoms with E-state index in [0.717, 1.165) is 31.7 Å². The van der Waals surface area contributed by atoms with Gasteiger partial charge in [-0.25, -0.2) is 0 Å². The molecule has 0 aromatic heterocycles. The number of hydrogen-bond acceptors (Lipinski definition) is 3. The number of nitrogens with zero attached hydrogens (tertiary/aromatic N) is 1. The van der Waals surface area contributed by atoms with E-state index < -0.39 is 0 Å². The fourth-order valence-corrected chi connectivity index (χ4v) is 2.52. The Morgan fingerprint density at radius 3 is 2.50 bits per heavy atom. The van der Waals surface area contributed by atoms with Gasteiger partial charge >= 0.3 is 0 Å². The first kappa shape index (κ1) is 15.4. The maximum atomic E-state index is 11.4. The third kappa shape index (κ3) is 4.58. The van der Waals surface area contributed by atoms with E-state index in [4.69, 9.17) is 0 Å². The molecule has 18 heavy (non-hydrogen) atoms. The zero-order chi connectivity index (χ0) is 13.6. The highest BCUT2D eigenvalue weighted by atomic mass is 16.3. The quantitative estimate of drug-likeness (QED) is 0.706. The van der Waals surface area contributed by atoms with E-state index in [1.165, 1.54) is 12.8 Å². The molecule has 0 heterocycles. The highest BCUT2D eigenvalue weighted by Crippen LogP contribution is 2.31. The molecule has 106 valence electrons. The molecule has 1 fully saturated rings. The van der Waals surface area contributed by atoms with Gasteiger partial charge in [0.05, 0.1) is 6.61 Å². The fraction of sp³-hybridized carbons (Fsp3) is 0.929. The number of rotatable bonds is 6. The molecule has 1 rings (SSSR count). The van der Waals surface area contributed by atoms with Gasteiger partial charge in [0.15, 0.2) is 0 Å². The minimum Gasteiger partial charge on any atom is -0.394 e. The summed E-state index contributed by atoms with van der Waals surface area (Å²) < 4.78 is 0. The topological polar surface area (TPSA) is 52.6 Å². The second kappa shape index (κ2) is 7.10. The lowest BCUT2D eigenvalue weighted by Gasteiger charge is -2.39. The summed E-state index contributed by atoms with van der Waals surface area (Å²) in [5.41, 5.74) is -0.0896. The molecule has 0 unspecified atom stereocenters. The lowest BCUT2D eigenvalue weighted by Crippen LogP contribution is -2.51. The van der Waals surface area contributed by atoms with Crippen molar-refractivity contribution in [1.82, 2.24) is 10.2 Å². The summed E-state index contributed by atoms with van der Waals surface area (Å²) in [6.07, 6.45) is 5.89. The van der Waals surface area contributed by atoms with Gasteiger partial charge in [-0.1, -0.05) is 6.92 Å². The highest BCUT2D eigenvalue weighted by molar-refractivity contribution is 5.75. The van der Waals surface area contributed by atoms with Gasteiger partial charge in [-0.05, 0) is 44.6 Å². The number of aliphatic hydroxyl groups excluding tert-OH is 1. The van der Waals surface area contributed by atoms with Crippen molar-refractivity contribution < 1.29 is 9.90 Å². The van der Waals surface area contributed by atoms with E-state index in [9.17, 15) is 9.90 Å². The lowest BCUT2D eigenvalue weighted by molar-refractivity contribution is -0.128. The largest absolute Gasteiger partial charge is 0.394 e. The number of carbonyl (C=O) groups is 1. The summed E-state index contributed by atoms with van der Waals surface area (Å²) in [6, 6.07) is 0. The number of hydrogen-bond donors (Lipinski definition) is 2. The second-order valence-corrected chi connectivity index (χ2v) is 5.94. The molecule has 0 radical (unpaired) electrons. The van der Waals surface area contributed by atoms with Crippen molar-refractivity contribution in [3.63, 3.8) is 0 Å². The molecule has 0 aromatic rings. The Hall–Kier alpha value is -0.610. The summed E-state index contributed by atoms with van der Waals surface area (Å²) in [7, 11) is 3.57. The molecule has 4 nitrogen and oxygen atoms in total. The summed E-state index contributed by atoms with van der Waals surface area (Å²) in [4.78, 5) is 13.1. The van der Waals surface area contributed by atoms with Gasteiger partial charge in [0.1, 0.15) is 0 Å². The van der Waals surface area contributed by atoms with Crippen LogP contribution in [0.5, 0.6) is 0 Å². The zero-order valence-electron chi connectivity index (χ0n) is 12.0. The predicted molar refractivity (Wildman–Crippen MR) is 73.4 cm³/mol. The van der Waals surface area contributed by atoms with Crippen LogP contribution >= 0.6 is 0 Å². The average molecular weight is 256 g/mol. The van der Waals surface area contributed by atoms with E-state index in [2.05, 4.69) is 12.2 Å². The summed E-state index contributed by atoms with van der Waals surface area (Å²) in [5, 5.41) is 13.1. The third-order valence-corrected chi connectivity index (χ3v) is 4.10. The molecule has 1 aliphatic rings. The van der Waals surface area contributed by atoms with Gasteiger partial charge < -0.3 is 15.3 Å². The van der Waals surface area contributed by atoms with Gasteiger partial charge in [0.2, 0.25) is 5.91 Å². The van der Waals surface area contributed by atoms with Crippen LogP contribution in [-0.2, 0) is 4.79 Å². The maximum absolute atomic E-state index is 11.4. The molecule has 0 aromatic carbocycles. The van der Waals surface area contributed by atoms with Gasteiger partial charge in [0.25, 0.3) is 0 Å². The minimum absolute atomic E-state index is 0.0896. The van der Waals surface area contributed by atoms with Crippen LogP contribution in [0.1, 0.15) is 45.4 Å². The molecule has 0 spiro atoms. The van der Waals surface area contributed by atoms with Crippen LogP contribution in [0.2, 0.25) is 0 Å². The second-order valence-electron chi connectivity index (χ2n) is 5.94. The van der Waals surface area contributed by atoms with Crippen molar-refractivity contribution in [2.45, 2.75) is 51.0 Å². The maximum Gasteiger partial charge on any atom is 0.222 e. The first-order valence-electron chi connectivity index (χ1n) is 7.05. The predicted octanol–water partition coefficient (Wildman–Crippen LogP) is 1.39. The molecule has 2 N–H and O–H groups in total. The Morgan fingerprint density at radius 2 is 2.00 bits per heavy atom. The van der Waals surface area contributed by atoms with Gasteiger partial charge in [0, 0.05) is 26.1 Å². The number of carbonyl (C=O) groups excluding carboxylic acids is 1. The Balaban J connectivity index is 2.26. The van der Waals surface area contributed by atoms with Crippen molar-refractivity contribution in [3.8, 4) is 0 Å². The number of aliphatic hydroxyl groups is 1.